The predicted molar refractivity (Wildman–Crippen MR) is 125 cm³/mol. The summed E-state index contributed by atoms with van der Waals surface area (Å²) in [5.74, 6) is -1.17. The van der Waals surface area contributed by atoms with Crippen LogP contribution < -0.4 is 10.6 Å². The van der Waals surface area contributed by atoms with Gasteiger partial charge in [0.15, 0.2) is 5.82 Å². The van der Waals surface area contributed by atoms with Gasteiger partial charge in [-0.05, 0) is 59.0 Å². The van der Waals surface area contributed by atoms with Crippen molar-refractivity contribution in [1.29, 1.82) is 5.26 Å². The molecule has 0 aliphatic rings. The Morgan fingerprint density at radius 1 is 0.943 bits per heavy atom. The molecule has 4 N–H and O–H groups in total. The molecule has 0 aliphatic heterocycles. The number of nitriles is 1. The molecule has 5 aromatic rings. The maximum atomic E-state index is 13.5. The zero-order valence-electron chi connectivity index (χ0n) is 17.8. The molecule has 170 valence electrons. The van der Waals surface area contributed by atoms with Gasteiger partial charge in [-0.15, -0.1) is 5.10 Å². The van der Waals surface area contributed by atoms with E-state index in [-0.39, 0.29) is 17.1 Å². The van der Waals surface area contributed by atoms with Gasteiger partial charge >= 0.3 is 0 Å². The second kappa shape index (κ2) is 8.87. The molecular formula is C24H15FN8O2. The third-order valence-electron chi connectivity index (χ3n) is 5.23. The Morgan fingerprint density at radius 3 is 2.54 bits per heavy atom. The Kier molecular flexibility index (Phi) is 5.44. The second-order valence-electron chi connectivity index (χ2n) is 7.49. The van der Waals surface area contributed by atoms with E-state index in [1.54, 1.807) is 42.5 Å². The van der Waals surface area contributed by atoms with E-state index in [2.05, 4.69) is 36.2 Å². The molecule has 35 heavy (non-hydrogen) atoms. The molecule has 0 bridgehead atoms. The SMILES string of the molecule is N#Cc1ccc(NC(=O)c2cc3cccc(NC(=O)c4cccc(F)c4)c3[nH]2)c(-c2nnn[nH]2)c1. The minimum atomic E-state index is -0.516. The number of hydrogen-bond acceptors (Lipinski definition) is 6. The summed E-state index contributed by atoms with van der Waals surface area (Å²) in [4.78, 5) is 28.7. The first-order chi connectivity index (χ1) is 17.0. The number of para-hydroxylation sites is 1. The molecule has 10 nitrogen and oxygen atoms in total. The van der Waals surface area contributed by atoms with Gasteiger partial charge in [-0.3, -0.25) is 9.59 Å². The molecule has 0 spiro atoms. The third-order valence-corrected chi connectivity index (χ3v) is 5.23. The van der Waals surface area contributed by atoms with Gasteiger partial charge in [0, 0.05) is 16.5 Å². The number of anilines is 2. The quantitative estimate of drug-likeness (QED) is 0.309. The van der Waals surface area contributed by atoms with Crippen LogP contribution in [0.3, 0.4) is 0 Å². The maximum absolute atomic E-state index is 13.5. The minimum Gasteiger partial charge on any atom is -0.349 e. The van der Waals surface area contributed by atoms with Crippen LogP contribution in [0.15, 0.2) is 66.7 Å². The van der Waals surface area contributed by atoms with E-state index in [9.17, 15) is 19.2 Å². The number of H-pyrrole nitrogens is 2. The number of amides is 2. The van der Waals surface area contributed by atoms with Crippen LogP contribution in [0.5, 0.6) is 0 Å². The van der Waals surface area contributed by atoms with Gasteiger partial charge < -0.3 is 15.6 Å². The fraction of sp³-hybridized carbons (Fsp3) is 0. The van der Waals surface area contributed by atoms with E-state index in [0.29, 0.717) is 33.4 Å². The van der Waals surface area contributed by atoms with Gasteiger partial charge in [0.1, 0.15) is 11.5 Å². The van der Waals surface area contributed by atoms with Crippen molar-refractivity contribution in [3.8, 4) is 17.5 Å². The topological polar surface area (TPSA) is 152 Å². The van der Waals surface area contributed by atoms with E-state index < -0.39 is 17.6 Å². The summed E-state index contributed by atoms with van der Waals surface area (Å²) in [6.07, 6.45) is 0. The van der Waals surface area contributed by atoms with E-state index in [0.717, 1.165) is 6.07 Å². The summed E-state index contributed by atoms with van der Waals surface area (Å²) in [6.45, 7) is 0. The fourth-order valence-electron chi connectivity index (χ4n) is 3.59. The molecular weight excluding hydrogens is 451 g/mol. The minimum absolute atomic E-state index is 0.168. The van der Waals surface area contributed by atoms with E-state index >= 15 is 0 Å². The van der Waals surface area contributed by atoms with Crippen LogP contribution in [-0.2, 0) is 0 Å². The lowest BCUT2D eigenvalue weighted by atomic mass is 10.1. The number of carbonyl (C=O) groups excluding carboxylic acids is 2. The highest BCUT2D eigenvalue weighted by Gasteiger charge is 2.17. The smallest absolute Gasteiger partial charge is 0.272 e. The van der Waals surface area contributed by atoms with Gasteiger partial charge in [0.2, 0.25) is 0 Å². The van der Waals surface area contributed by atoms with Crippen molar-refractivity contribution in [3.05, 3.63) is 89.4 Å². The summed E-state index contributed by atoms with van der Waals surface area (Å²) in [7, 11) is 0. The normalized spacial score (nSPS) is 10.6. The molecule has 0 saturated heterocycles. The first-order valence-electron chi connectivity index (χ1n) is 10.3. The van der Waals surface area contributed by atoms with Crippen LogP contribution in [-0.4, -0.2) is 37.4 Å². The van der Waals surface area contributed by atoms with Crippen LogP contribution in [0.25, 0.3) is 22.3 Å². The molecule has 5 rings (SSSR count). The Hall–Kier alpha value is -5.37. The lowest BCUT2D eigenvalue weighted by molar-refractivity contribution is 0.101. The van der Waals surface area contributed by atoms with E-state index in [1.807, 2.05) is 6.07 Å². The first kappa shape index (κ1) is 21.5. The van der Waals surface area contributed by atoms with Crippen molar-refractivity contribution in [2.75, 3.05) is 10.6 Å². The van der Waals surface area contributed by atoms with Crippen molar-refractivity contribution < 1.29 is 14.0 Å². The molecule has 2 amide bonds. The monoisotopic (exact) mass is 466 g/mol. The molecule has 0 saturated carbocycles. The number of carbonyl (C=O) groups is 2. The lowest BCUT2D eigenvalue weighted by Gasteiger charge is -2.09. The number of rotatable bonds is 5. The Balaban J connectivity index is 1.43. The van der Waals surface area contributed by atoms with Crippen molar-refractivity contribution in [1.82, 2.24) is 25.6 Å². The van der Waals surface area contributed by atoms with Gasteiger partial charge in [-0.2, -0.15) is 5.26 Å². The number of nitrogens with zero attached hydrogens (tertiary/aromatic N) is 4. The predicted octanol–water partition coefficient (Wildman–Crippen LogP) is 3.86. The average molecular weight is 466 g/mol. The van der Waals surface area contributed by atoms with Crippen molar-refractivity contribution >= 4 is 34.1 Å². The van der Waals surface area contributed by atoms with Gasteiger partial charge in [-0.1, -0.05) is 18.2 Å². The van der Waals surface area contributed by atoms with Gasteiger partial charge in [-0.25, -0.2) is 9.49 Å². The number of tetrazole rings is 1. The maximum Gasteiger partial charge on any atom is 0.272 e. The summed E-state index contributed by atoms with van der Waals surface area (Å²) in [6, 6.07) is 18.9. The summed E-state index contributed by atoms with van der Waals surface area (Å²) in [5, 5.41) is 29.0. The van der Waals surface area contributed by atoms with Crippen molar-refractivity contribution in [3.63, 3.8) is 0 Å². The zero-order valence-corrected chi connectivity index (χ0v) is 17.8. The lowest BCUT2D eigenvalue weighted by Crippen LogP contribution is -2.14. The molecule has 0 aliphatic carbocycles. The Morgan fingerprint density at radius 2 is 1.77 bits per heavy atom. The largest absolute Gasteiger partial charge is 0.349 e. The van der Waals surface area contributed by atoms with E-state index in [4.69, 9.17) is 0 Å². The number of nitrogens with one attached hydrogen (secondary N) is 4. The molecule has 0 fully saturated rings. The van der Waals surface area contributed by atoms with Crippen LogP contribution in [0.1, 0.15) is 26.4 Å². The summed E-state index contributed by atoms with van der Waals surface area (Å²) >= 11 is 0. The number of aromatic amines is 2. The van der Waals surface area contributed by atoms with Gasteiger partial charge in [0.05, 0.1) is 28.5 Å². The van der Waals surface area contributed by atoms with Crippen LogP contribution in [0.4, 0.5) is 15.8 Å². The molecule has 0 atom stereocenters. The molecule has 11 heteroatoms. The zero-order chi connectivity index (χ0) is 24.4. The third kappa shape index (κ3) is 4.31. The van der Waals surface area contributed by atoms with Crippen molar-refractivity contribution in [2.24, 2.45) is 0 Å². The molecule has 0 unspecified atom stereocenters. The highest BCUT2D eigenvalue weighted by Crippen LogP contribution is 2.28. The van der Waals surface area contributed by atoms with Crippen LogP contribution >= 0.6 is 0 Å². The standard InChI is InChI=1S/C24H15FN8O2/c25-16-5-1-4-15(10-16)23(34)29-19-6-2-3-14-11-20(27-21(14)19)24(35)28-18-8-7-13(12-26)9-17(18)22-30-32-33-31-22/h1-11,27H,(H,28,35)(H,29,34)(H,30,31,32,33). The van der Waals surface area contributed by atoms with Crippen LogP contribution in [0.2, 0.25) is 0 Å². The second-order valence-corrected chi connectivity index (χ2v) is 7.49. The Labute approximate surface area is 196 Å². The molecule has 2 heterocycles. The highest BCUT2D eigenvalue weighted by molar-refractivity contribution is 6.11. The average Bonchev–Trinajstić information content (AvgIpc) is 3.55. The van der Waals surface area contributed by atoms with Crippen LogP contribution in [0, 0.1) is 17.1 Å². The molecule has 0 radical (unpaired) electrons. The number of fused-ring (bicyclic) bond motifs is 1. The first-order valence-corrected chi connectivity index (χ1v) is 10.3. The summed E-state index contributed by atoms with van der Waals surface area (Å²) in [5.41, 5.74) is 2.58. The number of hydrogen-bond donors (Lipinski definition) is 4. The Bertz CT molecular complexity index is 1620. The number of aromatic nitrogens is 5. The van der Waals surface area contributed by atoms with Crippen molar-refractivity contribution in [2.45, 2.75) is 0 Å². The molecule has 3 aromatic carbocycles. The number of halogens is 1. The highest BCUT2D eigenvalue weighted by atomic mass is 19.1. The van der Waals surface area contributed by atoms with Gasteiger partial charge in [0.25, 0.3) is 11.8 Å². The van der Waals surface area contributed by atoms with E-state index in [1.165, 1.54) is 18.2 Å². The molecule has 2 aromatic heterocycles. The number of benzene rings is 3. The fourth-order valence-corrected chi connectivity index (χ4v) is 3.59. The summed E-state index contributed by atoms with van der Waals surface area (Å²) < 4.78 is 13.5.